The van der Waals surface area contributed by atoms with Gasteiger partial charge in [0.2, 0.25) is 0 Å². The summed E-state index contributed by atoms with van der Waals surface area (Å²) in [6, 6.07) is 2.56. The molecule has 0 aliphatic carbocycles. The average Bonchev–Trinajstić information content (AvgIpc) is 2.50. The second-order valence-corrected chi connectivity index (χ2v) is 5.94. The molecule has 0 unspecified atom stereocenters. The van der Waals surface area contributed by atoms with Gasteiger partial charge >= 0.3 is 6.09 Å². The number of likely N-dealkylation sites (tertiary alicyclic amines) is 1. The molecule has 0 radical (unpaired) electrons. The Labute approximate surface area is 141 Å². The Balaban J connectivity index is 2.81. The molecule has 0 saturated carbocycles. The highest BCUT2D eigenvalue weighted by molar-refractivity contribution is 9.10. The first-order valence-corrected chi connectivity index (χ1v) is 6.70. The predicted molar refractivity (Wildman–Crippen MR) is 81.7 cm³/mol. The molecule has 2 rings (SSSR count). The van der Waals surface area contributed by atoms with Gasteiger partial charge in [-0.2, -0.15) is 0 Å². The van der Waals surface area contributed by atoms with Crippen molar-refractivity contribution < 1.29 is 21.9 Å². The van der Waals surface area contributed by atoms with Gasteiger partial charge in [0.05, 0.1) is 0 Å². The summed E-state index contributed by atoms with van der Waals surface area (Å²) in [5.41, 5.74) is -1.71. The van der Waals surface area contributed by atoms with E-state index in [0.717, 1.165) is 12.3 Å². The fourth-order valence-corrected chi connectivity index (χ4v) is 1.69. The Morgan fingerprint density at radius 2 is 2.20 bits per heavy atom. The smallest absolute Gasteiger partial charge is 0.410 e. The first-order valence-electron chi connectivity index (χ1n) is 10.4. The predicted octanol–water partition coefficient (Wildman–Crippen LogP) is 3.96. The number of ether oxygens (including phenoxy) is 1. The number of piperidine rings is 1. The SMILES string of the molecule is [2H]C1([2H])N(C(=O)OC(C)(C)C)C([2H])([2H])C([2H])([2H])C([2H])(c2cc(Br)ccn2)C1([2H])[2H]. The maximum atomic E-state index is 12.6. The molecule has 1 saturated heterocycles. The van der Waals surface area contributed by atoms with Crippen molar-refractivity contribution in [2.24, 2.45) is 0 Å². The van der Waals surface area contributed by atoms with E-state index in [4.69, 9.17) is 17.1 Å². The molecule has 4 nitrogen and oxygen atoms in total. The molecule has 2 heterocycles. The van der Waals surface area contributed by atoms with Gasteiger partial charge in [0.15, 0.2) is 0 Å². The summed E-state index contributed by atoms with van der Waals surface area (Å²) in [7, 11) is 0. The molecule has 1 fully saturated rings. The van der Waals surface area contributed by atoms with Crippen LogP contribution in [0.25, 0.3) is 0 Å². The first kappa shape index (κ1) is 7.25. The quantitative estimate of drug-likeness (QED) is 0.770. The Bertz CT molecular complexity index is 798. The summed E-state index contributed by atoms with van der Waals surface area (Å²) in [4.78, 5) is 16.2. The highest BCUT2D eigenvalue weighted by Gasteiger charge is 2.27. The van der Waals surface area contributed by atoms with E-state index in [-0.39, 0.29) is 4.90 Å². The molecule has 1 aliphatic heterocycles. The van der Waals surface area contributed by atoms with E-state index >= 15 is 0 Å². The summed E-state index contributed by atoms with van der Waals surface area (Å²) in [6.45, 7) is -2.58. The van der Waals surface area contributed by atoms with Gasteiger partial charge < -0.3 is 9.64 Å². The highest BCUT2D eigenvalue weighted by Crippen LogP contribution is 2.28. The monoisotopic (exact) mass is 349 g/mol. The van der Waals surface area contributed by atoms with Crippen LogP contribution in [0.1, 0.15) is 57.4 Å². The normalized spacial score (nSPS) is 35.4. The molecule has 0 aromatic carbocycles. The molecule has 1 aliphatic rings. The molecule has 110 valence electrons. The largest absolute Gasteiger partial charge is 0.444 e. The molecule has 1 aromatic rings. The number of hydrogen-bond donors (Lipinski definition) is 0. The van der Waals surface area contributed by atoms with Crippen LogP contribution in [0.4, 0.5) is 4.79 Å². The molecule has 0 spiro atoms. The molecular formula is C15H21BrN2O2. The van der Waals surface area contributed by atoms with Gasteiger partial charge in [-0.3, -0.25) is 4.98 Å². The third-order valence-corrected chi connectivity index (χ3v) is 2.63. The topological polar surface area (TPSA) is 42.4 Å². The second-order valence-electron chi connectivity index (χ2n) is 5.02. The van der Waals surface area contributed by atoms with Gasteiger partial charge in [0.25, 0.3) is 0 Å². The van der Waals surface area contributed by atoms with E-state index in [1.807, 2.05) is 0 Å². The van der Waals surface area contributed by atoms with Gasteiger partial charge in [-0.1, -0.05) is 15.9 Å². The Hall–Kier alpha value is -1.10. The molecule has 0 bridgehead atoms. The number of halogens is 1. The Morgan fingerprint density at radius 1 is 1.55 bits per heavy atom. The van der Waals surface area contributed by atoms with Crippen LogP contribution in [-0.2, 0) is 4.74 Å². The van der Waals surface area contributed by atoms with Crippen LogP contribution >= 0.6 is 15.9 Å². The lowest BCUT2D eigenvalue weighted by Crippen LogP contribution is -2.41. The number of carbonyl (C=O) groups is 1. The Kier molecular flexibility index (Phi) is 2.22. The minimum absolute atomic E-state index is 0.226. The number of nitrogens with zero attached hydrogens (tertiary/aromatic N) is 2. The zero-order chi connectivity index (χ0) is 22.8. The minimum atomic E-state index is -3.46. The zero-order valence-corrected chi connectivity index (χ0v) is 12.9. The molecule has 1 aromatic heterocycles. The third kappa shape index (κ3) is 4.20. The molecule has 0 N–H and O–H groups in total. The number of aromatic nitrogens is 1. The maximum absolute atomic E-state index is 12.6. The fourth-order valence-electron chi connectivity index (χ4n) is 1.35. The molecule has 20 heavy (non-hydrogen) atoms. The van der Waals surface area contributed by atoms with Crippen molar-refractivity contribution >= 4 is 22.0 Å². The second kappa shape index (κ2) is 6.12. The van der Waals surface area contributed by atoms with Gasteiger partial charge in [-0.25, -0.2) is 4.79 Å². The van der Waals surface area contributed by atoms with E-state index < -0.39 is 49.0 Å². The molecule has 5 heteroatoms. The van der Waals surface area contributed by atoms with Gasteiger partial charge in [-0.15, -0.1) is 0 Å². The van der Waals surface area contributed by atoms with E-state index in [9.17, 15) is 4.79 Å². The van der Waals surface area contributed by atoms with E-state index in [0.29, 0.717) is 4.47 Å². The summed E-state index contributed by atoms with van der Waals surface area (Å²) in [5, 5.41) is 0. The van der Waals surface area contributed by atoms with Crippen LogP contribution in [0.3, 0.4) is 0 Å². The minimum Gasteiger partial charge on any atom is -0.444 e. The van der Waals surface area contributed by atoms with E-state index in [1.54, 1.807) is 0 Å². The standard InChI is InChI=1S/C15H21BrN2O2/c1-15(2,3)20-14(19)18-8-5-11(6-9-18)13-10-12(16)4-7-17-13/h4,7,10-11H,5-6,8-9H2,1-3H3/i5D2,6D2,8D2,9D2,11D. The van der Waals surface area contributed by atoms with Gasteiger partial charge in [0.1, 0.15) is 5.60 Å². The lowest BCUT2D eigenvalue weighted by Gasteiger charge is -2.33. The van der Waals surface area contributed by atoms with Crippen molar-refractivity contribution in [2.45, 2.75) is 45.0 Å². The van der Waals surface area contributed by atoms with Crippen molar-refractivity contribution in [1.82, 2.24) is 9.88 Å². The highest BCUT2D eigenvalue weighted by atomic mass is 79.9. The fraction of sp³-hybridized carbons (Fsp3) is 0.600. The van der Waals surface area contributed by atoms with E-state index in [2.05, 4.69) is 20.9 Å². The number of carbonyl (C=O) groups excluding carboxylic acids is 1. The summed E-state index contributed by atoms with van der Waals surface area (Å²) >= 11 is 3.11. The van der Waals surface area contributed by atoms with E-state index in [1.165, 1.54) is 26.8 Å². The van der Waals surface area contributed by atoms with Crippen LogP contribution in [-0.4, -0.2) is 34.6 Å². The number of rotatable bonds is 1. The lowest BCUT2D eigenvalue weighted by molar-refractivity contribution is 0.0204. The Morgan fingerprint density at radius 3 is 2.75 bits per heavy atom. The van der Waals surface area contributed by atoms with Crippen LogP contribution in [0.2, 0.25) is 0 Å². The third-order valence-electron chi connectivity index (χ3n) is 2.14. The average molecular weight is 350 g/mol. The van der Waals surface area contributed by atoms with Crippen molar-refractivity contribution in [2.75, 3.05) is 13.0 Å². The molecular weight excluding hydrogens is 320 g/mol. The van der Waals surface area contributed by atoms with Crippen molar-refractivity contribution in [1.29, 1.82) is 0 Å². The van der Waals surface area contributed by atoms with Gasteiger partial charge in [0, 0.05) is 47.6 Å². The first-order chi connectivity index (χ1) is 12.7. The van der Waals surface area contributed by atoms with Crippen LogP contribution in [0.5, 0.6) is 0 Å². The number of amides is 1. The molecule has 0 atom stereocenters. The maximum Gasteiger partial charge on any atom is 0.410 e. The van der Waals surface area contributed by atoms with Crippen LogP contribution < -0.4 is 0 Å². The lowest BCUT2D eigenvalue weighted by atomic mass is 9.93. The zero-order valence-electron chi connectivity index (χ0n) is 20.3. The number of pyridine rings is 1. The van der Waals surface area contributed by atoms with Crippen LogP contribution in [0, 0.1) is 0 Å². The molecule has 1 amide bonds. The summed E-state index contributed by atoms with van der Waals surface area (Å²) in [5.74, 6) is -3.16. The van der Waals surface area contributed by atoms with Crippen LogP contribution in [0.15, 0.2) is 22.8 Å². The summed E-state index contributed by atoms with van der Waals surface area (Å²) in [6.07, 6.45) is -7.28. The van der Waals surface area contributed by atoms with Gasteiger partial charge in [-0.05, 0) is 45.6 Å². The van der Waals surface area contributed by atoms with Crippen molar-refractivity contribution in [3.63, 3.8) is 0 Å². The summed E-state index contributed by atoms with van der Waals surface area (Å²) < 4.78 is 80.6. The number of hydrogen-bond acceptors (Lipinski definition) is 3. The van der Waals surface area contributed by atoms with Crippen molar-refractivity contribution in [3.05, 3.63) is 28.5 Å². The van der Waals surface area contributed by atoms with Crippen molar-refractivity contribution in [3.8, 4) is 0 Å².